The standard InChI is InChI=1S/C10H15ClO3/c1-4-13-9(6-11)5-10(12)14-7-8(2)3/h5H,2,4,6-7H2,1,3H3/b9-5+. The van der Waals surface area contributed by atoms with Gasteiger partial charge in [-0.15, -0.1) is 11.6 Å². The molecular weight excluding hydrogens is 204 g/mol. The number of esters is 1. The van der Waals surface area contributed by atoms with Crippen LogP contribution in [-0.2, 0) is 14.3 Å². The number of allylic oxidation sites excluding steroid dienone is 1. The third-order valence-electron chi connectivity index (χ3n) is 1.20. The lowest BCUT2D eigenvalue weighted by molar-refractivity contribution is -0.137. The van der Waals surface area contributed by atoms with Gasteiger partial charge >= 0.3 is 5.97 Å². The molecule has 0 spiro atoms. The molecule has 0 radical (unpaired) electrons. The molecule has 0 fully saturated rings. The second kappa shape index (κ2) is 7.44. The van der Waals surface area contributed by atoms with Crippen molar-refractivity contribution in [1.29, 1.82) is 0 Å². The first kappa shape index (κ1) is 13.0. The summed E-state index contributed by atoms with van der Waals surface area (Å²) in [6.45, 7) is 7.90. The van der Waals surface area contributed by atoms with E-state index in [0.29, 0.717) is 12.4 Å². The van der Waals surface area contributed by atoms with E-state index in [1.54, 1.807) is 6.92 Å². The fourth-order valence-electron chi connectivity index (χ4n) is 0.672. The minimum absolute atomic E-state index is 0.163. The molecule has 0 saturated carbocycles. The summed E-state index contributed by atoms with van der Waals surface area (Å²) in [4.78, 5) is 11.1. The fourth-order valence-corrected chi connectivity index (χ4v) is 0.826. The zero-order chi connectivity index (χ0) is 11.0. The number of rotatable bonds is 6. The molecule has 0 amide bonds. The number of halogens is 1. The van der Waals surface area contributed by atoms with Gasteiger partial charge in [0.15, 0.2) is 0 Å². The van der Waals surface area contributed by atoms with Crippen molar-refractivity contribution in [2.24, 2.45) is 0 Å². The van der Waals surface area contributed by atoms with Crippen LogP contribution < -0.4 is 0 Å². The van der Waals surface area contributed by atoms with Crippen LogP contribution in [0.2, 0.25) is 0 Å². The summed E-state index contributed by atoms with van der Waals surface area (Å²) in [6, 6.07) is 0. The molecule has 0 aromatic carbocycles. The van der Waals surface area contributed by atoms with E-state index in [1.807, 2.05) is 6.92 Å². The first-order valence-electron chi connectivity index (χ1n) is 4.30. The summed E-state index contributed by atoms with van der Waals surface area (Å²) in [6.07, 6.45) is 1.25. The number of carbonyl (C=O) groups excluding carboxylic acids is 1. The molecule has 0 aliphatic rings. The van der Waals surface area contributed by atoms with Crippen molar-refractivity contribution >= 4 is 17.6 Å². The van der Waals surface area contributed by atoms with Gasteiger partial charge in [-0.05, 0) is 19.4 Å². The lowest BCUT2D eigenvalue weighted by Crippen LogP contribution is -2.05. The largest absolute Gasteiger partial charge is 0.497 e. The van der Waals surface area contributed by atoms with Gasteiger partial charge in [0.1, 0.15) is 12.4 Å². The highest BCUT2D eigenvalue weighted by Crippen LogP contribution is 2.01. The normalized spacial score (nSPS) is 10.9. The van der Waals surface area contributed by atoms with Crippen LogP contribution in [0.25, 0.3) is 0 Å². The maximum Gasteiger partial charge on any atom is 0.334 e. The molecule has 0 bridgehead atoms. The SMILES string of the molecule is C=C(C)COC(=O)/C=C(\CCl)OCC. The highest BCUT2D eigenvalue weighted by Gasteiger charge is 2.02. The number of ether oxygens (including phenoxy) is 2. The van der Waals surface area contributed by atoms with Gasteiger partial charge in [-0.3, -0.25) is 0 Å². The first-order valence-corrected chi connectivity index (χ1v) is 4.84. The van der Waals surface area contributed by atoms with Crippen LogP contribution in [-0.4, -0.2) is 25.1 Å². The Bertz CT molecular complexity index is 234. The summed E-state index contributed by atoms with van der Waals surface area (Å²) >= 11 is 5.53. The van der Waals surface area contributed by atoms with E-state index in [4.69, 9.17) is 21.1 Å². The highest BCUT2D eigenvalue weighted by molar-refractivity contribution is 6.19. The molecule has 0 aliphatic heterocycles. The molecule has 3 nitrogen and oxygen atoms in total. The van der Waals surface area contributed by atoms with E-state index in [1.165, 1.54) is 6.08 Å². The molecule has 0 unspecified atom stereocenters. The van der Waals surface area contributed by atoms with E-state index >= 15 is 0 Å². The Kier molecular flexibility index (Phi) is 6.93. The molecule has 0 aromatic heterocycles. The summed E-state index contributed by atoms with van der Waals surface area (Å²) in [5.74, 6) is 0.119. The molecule has 0 aromatic rings. The summed E-state index contributed by atoms with van der Waals surface area (Å²) in [7, 11) is 0. The molecule has 0 heterocycles. The van der Waals surface area contributed by atoms with E-state index < -0.39 is 5.97 Å². The fraction of sp³-hybridized carbons (Fsp3) is 0.500. The van der Waals surface area contributed by atoms with Gasteiger partial charge < -0.3 is 9.47 Å². The average Bonchev–Trinajstić information content (AvgIpc) is 2.14. The van der Waals surface area contributed by atoms with Crippen molar-refractivity contribution in [2.45, 2.75) is 13.8 Å². The number of hydrogen-bond donors (Lipinski definition) is 0. The van der Waals surface area contributed by atoms with Crippen LogP contribution >= 0.6 is 11.6 Å². The minimum Gasteiger partial charge on any atom is -0.497 e. The van der Waals surface area contributed by atoms with Crippen LogP contribution in [0.1, 0.15) is 13.8 Å². The topological polar surface area (TPSA) is 35.5 Å². The minimum atomic E-state index is -0.461. The van der Waals surface area contributed by atoms with Crippen LogP contribution in [0.4, 0.5) is 0 Å². The van der Waals surface area contributed by atoms with Crippen molar-refractivity contribution in [3.63, 3.8) is 0 Å². The van der Waals surface area contributed by atoms with Crippen LogP contribution in [0, 0.1) is 0 Å². The molecule has 0 atom stereocenters. The number of hydrogen-bond acceptors (Lipinski definition) is 3. The molecular formula is C10H15ClO3. The third kappa shape index (κ3) is 6.54. The number of alkyl halides is 1. The Balaban J connectivity index is 4.04. The van der Waals surface area contributed by atoms with Crippen molar-refractivity contribution in [3.05, 3.63) is 24.0 Å². The van der Waals surface area contributed by atoms with Gasteiger partial charge in [-0.25, -0.2) is 4.79 Å². The zero-order valence-corrected chi connectivity index (χ0v) is 9.26. The lowest BCUT2D eigenvalue weighted by atomic mass is 10.4. The Morgan fingerprint density at radius 1 is 1.50 bits per heavy atom. The second-order valence-electron chi connectivity index (χ2n) is 2.74. The molecule has 0 aliphatic carbocycles. The van der Waals surface area contributed by atoms with Crippen LogP contribution in [0.15, 0.2) is 24.0 Å². The predicted octanol–water partition coefficient (Wildman–Crippen LogP) is 2.26. The summed E-state index contributed by atoms with van der Waals surface area (Å²) in [5.41, 5.74) is 0.788. The van der Waals surface area contributed by atoms with Gasteiger partial charge in [-0.1, -0.05) is 6.58 Å². The quantitative estimate of drug-likeness (QED) is 0.226. The highest BCUT2D eigenvalue weighted by atomic mass is 35.5. The molecule has 0 N–H and O–H groups in total. The smallest absolute Gasteiger partial charge is 0.334 e. The van der Waals surface area contributed by atoms with Gasteiger partial charge in [0.05, 0.1) is 18.6 Å². The van der Waals surface area contributed by atoms with Gasteiger partial charge in [0.25, 0.3) is 0 Å². The van der Waals surface area contributed by atoms with E-state index in [2.05, 4.69) is 6.58 Å². The maximum atomic E-state index is 11.1. The predicted molar refractivity (Wildman–Crippen MR) is 56.2 cm³/mol. The van der Waals surface area contributed by atoms with E-state index in [9.17, 15) is 4.79 Å². The Morgan fingerprint density at radius 3 is 2.57 bits per heavy atom. The molecule has 80 valence electrons. The number of carbonyl (C=O) groups is 1. The monoisotopic (exact) mass is 218 g/mol. The van der Waals surface area contributed by atoms with Gasteiger partial charge in [0.2, 0.25) is 0 Å². The summed E-state index contributed by atoms with van der Waals surface area (Å²) < 4.78 is 9.90. The van der Waals surface area contributed by atoms with Crippen LogP contribution in [0.3, 0.4) is 0 Å². The molecule has 0 rings (SSSR count). The van der Waals surface area contributed by atoms with Crippen molar-refractivity contribution in [2.75, 3.05) is 19.1 Å². The van der Waals surface area contributed by atoms with E-state index in [0.717, 1.165) is 5.57 Å². The molecule has 0 saturated heterocycles. The Morgan fingerprint density at radius 2 is 2.14 bits per heavy atom. The average molecular weight is 219 g/mol. The maximum absolute atomic E-state index is 11.1. The lowest BCUT2D eigenvalue weighted by Gasteiger charge is -2.05. The van der Waals surface area contributed by atoms with Gasteiger partial charge in [0, 0.05) is 0 Å². The van der Waals surface area contributed by atoms with Crippen molar-refractivity contribution < 1.29 is 14.3 Å². The zero-order valence-electron chi connectivity index (χ0n) is 8.51. The first-order chi connectivity index (χ1) is 6.60. The van der Waals surface area contributed by atoms with Gasteiger partial charge in [-0.2, -0.15) is 0 Å². The van der Waals surface area contributed by atoms with Crippen LogP contribution in [0.5, 0.6) is 0 Å². The van der Waals surface area contributed by atoms with Crippen molar-refractivity contribution in [1.82, 2.24) is 0 Å². The molecule has 4 heteroatoms. The van der Waals surface area contributed by atoms with Crippen molar-refractivity contribution in [3.8, 4) is 0 Å². The summed E-state index contributed by atoms with van der Waals surface area (Å²) in [5, 5.41) is 0. The Labute approximate surface area is 89.3 Å². The third-order valence-corrected chi connectivity index (χ3v) is 1.46. The second-order valence-corrected chi connectivity index (χ2v) is 3.01. The molecule has 14 heavy (non-hydrogen) atoms. The Hall–Kier alpha value is -0.960. The van der Waals surface area contributed by atoms with E-state index in [-0.39, 0.29) is 12.5 Å².